The quantitative estimate of drug-likeness (QED) is 0.611. The molecular weight excluding hydrogens is 392 g/mol. The molecule has 3 aromatic rings. The van der Waals surface area contributed by atoms with E-state index in [1.54, 1.807) is 0 Å². The highest BCUT2D eigenvalue weighted by molar-refractivity contribution is 7.80. The Bertz CT molecular complexity index is 1040. The van der Waals surface area contributed by atoms with Crippen molar-refractivity contribution < 1.29 is 8.39 Å². The van der Waals surface area contributed by atoms with Gasteiger partial charge in [-0.15, -0.1) is 0 Å². The summed E-state index contributed by atoms with van der Waals surface area (Å²) in [5.41, 5.74) is 7.32. The van der Waals surface area contributed by atoms with Gasteiger partial charge in [-0.05, 0) is 59.4 Å². The molecule has 0 bridgehead atoms. The summed E-state index contributed by atoms with van der Waals surface area (Å²) in [5, 5.41) is 0. The highest BCUT2D eigenvalue weighted by Gasteiger charge is 2.25. The van der Waals surface area contributed by atoms with Crippen molar-refractivity contribution >= 4 is 22.5 Å². The van der Waals surface area contributed by atoms with Gasteiger partial charge in [0.05, 0.1) is 4.90 Å². The second-order valence-corrected chi connectivity index (χ2v) is 9.28. The summed E-state index contributed by atoms with van der Waals surface area (Å²) in [7, 11) is 4.25. The number of rotatable bonds is 5. The highest BCUT2D eigenvalue weighted by Crippen LogP contribution is 2.37. The molecule has 2 aliphatic rings. The van der Waals surface area contributed by atoms with E-state index in [9.17, 15) is 4.21 Å². The molecule has 0 saturated carbocycles. The molecule has 0 aliphatic carbocycles. The molecule has 1 unspecified atom stereocenters. The van der Waals surface area contributed by atoms with Gasteiger partial charge in [-0.1, -0.05) is 42.5 Å². The number of likely N-dealkylation sites (N-methyl/N-ethyl adjacent to an activating group) is 2. The van der Waals surface area contributed by atoms with Crippen LogP contribution in [0.1, 0.15) is 28.4 Å². The molecule has 0 saturated heterocycles. The predicted octanol–water partition coefficient (Wildman–Crippen LogP) is 4.50. The van der Waals surface area contributed by atoms with Gasteiger partial charge in [0.1, 0.15) is 6.10 Å². The van der Waals surface area contributed by atoms with Crippen molar-refractivity contribution in [2.24, 2.45) is 0 Å². The summed E-state index contributed by atoms with van der Waals surface area (Å²) in [6.07, 6.45) is 1.69. The normalized spacial score (nSPS) is 16.1. The lowest BCUT2D eigenvalue weighted by Crippen LogP contribution is -2.13. The monoisotopic (exact) mass is 418 g/mol. The Balaban J connectivity index is 1.54. The third kappa shape index (κ3) is 3.53. The van der Waals surface area contributed by atoms with Crippen LogP contribution in [0.3, 0.4) is 0 Å². The summed E-state index contributed by atoms with van der Waals surface area (Å²) in [6.45, 7) is 2.07. The molecular formula is C25H26N2O2S. The molecule has 0 spiro atoms. The Morgan fingerprint density at radius 1 is 0.800 bits per heavy atom. The first kappa shape index (κ1) is 19.3. The van der Waals surface area contributed by atoms with E-state index < -0.39 is 11.1 Å². The molecule has 5 heteroatoms. The van der Waals surface area contributed by atoms with Crippen LogP contribution >= 0.6 is 0 Å². The lowest BCUT2D eigenvalue weighted by Gasteiger charge is -2.21. The number of benzene rings is 3. The van der Waals surface area contributed by atoms with Gasteiger partial charge in [0.2, 0.25) is 0 Å². The summed E-state index contributed by atoms with van der Waals surface area (Å²) < 4.78 is 19.3. The van der Waals surface area contributed by atoms with Crippen molar-refractivity contribution in [3.63, 3.8) is 0 Å². The van der Waals surface area contributed by atoms with E-state index in [4.69, 9.17) is 4.18 Å². The van der Waals surface area contributed by atoms with Crippen LogP contribution in [0.15, 0.2) is 71.6 Å². The van der Waals surface area contributed by atoms with Crippen LogP contribution in [0.4, 0.5) is 11.4 Å². The molecule has 0 fully saturated rings. The van der Waals surface area contributed by atoms with Gasteiger partial charge >= 0.3 is 0 Å². The minimum Gasteiger partial charge on any atom is -0.374 e. The maximum absolute atomic E-state index is 13.0. The zero-order chi connectivity index (χ0) is 20.7. The zero-order valence-electron chi connectivity index (χ0n) is 17.4. The lowest BCUT2D eigenvalue weighted by molar-refractivity contribution is 0.275. The fourth-order valence-corrected chi connectivity index (χ4v) is 5.37. The van der Waals surface area contributed by atoms with Crippen molar-refractivity contribution in [3.8, 4) is 0 Å². The first-order chi connectivity index (χ1) is 14.6. The lowest BCUT2D eigenvalue weighted by atomic mass is 9.97. The fourth-order valence-electron chi connectivity index (χ4n) is 4.48. The largest absolute Gasteiger partial charge is 0.374 e. The number of fused-ring (bicyclic) bond motifs is 2. The second kappa shape index (κ2) is 7.89. The van der Waals surface area contributed by atoms with Gasteiger partial charge in [-0.3, -0.25) is 4.18 Å². The Labute approximate surface area is 180 Å². The van der Waals surface area contributed by atoms with Crippen LogP contribution in [0.2, 0.25) is 0 Å². The molecule has 2 heterocycles. The maximum atomic E-state index is 13.0. The average Bonchev–Trinajstić information content (AvgIpc) is 3.34. The van der Waals surface area contributed by atoms with Crippen molar-refractivity contribution in [3.05, 3.63) is 89.0 Å². The first-order valence-corrected chi connectivity index (χ1v) is 11.5. The number of hydrogen-bond donors (Lipinski definition) is 0. The van der Waals surface area contributed by atoms with E-state index in [-0.39, 0.29) is 6.10 Å². The van der Waals surface area contributed by atoms with Gasteiger partial charge in [-0.25, -0.2) is 4.21 Å². The number of hydrogen-bond acceptors (Lipinski definition) is 4. The highest BCUT2D eigenvalue weighted by atomic mass is 32.2. The molecule has 2 aliphatic heterocycles. The van der Waals surface area contributed by atoms with Gasteiger partial charge in [0.25, 0.3) is 0 Å². The molecule has 4 nitrogen and oxygen atoms in total. The minimum atomic E-state index is -1.55. The maximum Gasteiger partial charge on any atom is 0.190 e. The Kier molecular flexibility index (Phi) is 5.09. The fraction of sp³-hybridized carbons (Fsp3) is 0.280. The number of nitrogens with zero attached hydrogens (tertiary/aromatic N) is 2. The molecule has 0 radical (unpaired) electrons. The van der Waals surface area contributed by atoms with Crippen molar-refractivity contribution in [2.45, 2.75) is 23.8 Å². The Hall–Kier alpha value is -2.63. The molecule has 0 N–H and O–H groups in total. The van der Waals surface area contributed by atoms with Crippen LogP contribution in [-0.2, 0) is 28.1 Å². The van der Waals surface area contributed by atoms with Gasteiger partial charge in [0, 0.05) is 38.6 Å². The minimum absolute atomic E-state index is 0.376. The molecule has 0 aromatic heterocycles. The SMILES string of the molecule is CN1CCc2cc(C(OS(=O)c3ccccc3)c3ccc4c(c3)CCN4C)ccc21. The summed E-state index contributed by atoms with van der Waals surface area (Å²) in [5.74, 6) is 0. The van der Waals surface area contributed by atoms with E-state index in [0.29, 0.717) is 4.90 Å². The van der Waals surface area contributed by atoms with E-state index >= 15 is 0 Å². The van der Waals surface area contributed by atoms with Crippen molar-refractivity contribution in [1.82, 2.24) is 0 Å². The number of anilines is 2. The van der Waals surface area contributed by atoms with Gasteiger partial charge < -0.3 is 9.80 Å². The second-order valence-electron chi connectivity index (χ2n) is 8.14. The van der Waals surface area contributed by atoms with E-state index in [0.717, 1.165) is 37.1 Å². The van der Waals surface area contributed by atoms with E-state index in [1.165, 1.54) is 22.5 Å². The average molecular weight is 419 g/mol. The summed E-state index contributed by atoms with van der Waals surface area (Å²) in [4.78, 5) is 5.24. The topological polar surface area (TPSA) is 32.8 Å². The van der Waals surface area contributed by atoms with Gasteiger partial charge in [0.15, 0.2) is 11.1 Å². The molecule has 3 aromatic carbocycles. The van der Waals surface area contributed by atoms with Crippen LogP contribution in [-0.4, -0.2) is 31.4 Å². The van der Waals surface area contributed by atoms with Crippen molar-refractivity contribution in [2.75, 3.05) is 37.0 Å². The third-order valence-electron chi connectivity index (χ3n) is 6.19. The van der Waals surface area contributed by atoms with Crippen LogP contribution in [0, 0.1) is 0 Å². The Morgan fingerprint density at radius 2 is 1.33 bits per heavy atom. The van der Waals surface area contributed by atoms with Gasteiger partial charge in [-0.2, -0.15) is 0 Å². The smallest absolute Gasteiger partial charge is 0.190 e. The standard InChI is InChI=1S/C25H26N2O2S/c1-26-14-12-18-16-20(8-10-23(18)26)25(29-30(28)22-6-4-3-5-7-22)21-9-11-24-19(17-21)13-15-27(24)2/h3-11,16-17,25H,12-15H2,1-2H3. The summed E-state index contributed by atoms with van der Waals surface area (Å²) in [6, 6.07) is 22.4. The van der Waals surface area contributed by atoms with Crippen LogP contribution < -0.4 is 9.80 Å². The molecule has 0 amide bonds. The predicted molar refractivity (Wildman–Crippen MR) is 123 cm³/mol. The van der Waals surface area contributed by atoms with E-state index in [2.05, 4.69) is 60.3 Å². The first-order valence-electron chi connectivity index (χ1n) is 10.4. The van der Waals surface area contributed by atoms with E-state index in [1.807, 2.05) is 30.3 Å². The summed E-state index contributed by atoms with van der Waals surface area (Å²) >= 11 is -1.55. The third-order valence-corrected chi connectivity index (χ3v) is 7.21. The molecule has 1 atom stereocenters. The van der Waals surface area contributed by atoms with Crippen molar-refractivity contribution in [1.29, 1.82) is 0 Å². The molecule has 30 heavy (non-hydrogen) atoms. The Morgan fingerprint density at radius 3 is 1.87 bits per heavy atom. The molecule has 5 rings (SSSR count). The zero-order valence-corrected chi connectivity index (χ0v) is 18.2. The molecule has 154 valence electrons. The van der Waals surface area contributed by atoms with Crippen LogP contribution in [0.5, 0.6) is 0 Å². The van der Waals surface area contributed by atoms with Crippen LogP contribution in [0.25, 0.3) is 0 Å².